The number of ether oxygens (including phenoxy) is 2. The molecule has 182 valence electrons. The van der Waals surface area contributed by atoms with Gasteiger partial charge in [-0.2, -0.15) is 0 Å². The fourth-order valence-corrected chi connectivity index (χ4v) is 4.95. The van der Waals surface area contributed by atoms with Crippen molar-refractivity contribution in [2.24, 2.45) is 5.92 Å². The molecule has 8 nitrogen and oxygen atoms in total. The van der Waals surface area contributed by atoms with Gasteiger partial charge in [-0.15, -0.1) is 0 Å². The molecule has 5 rings (SSSR count). The molecule has 0 fully saturated rings. The van der Waals surface area contributed by atoms with E-state index in [1.807, 2.05) is 12.1 Å². The minimum atomic E-state index is -0.564. The molecule has 1 heterocycles. The van der Waals surface area contributed by atoms with Crippen LogP contribution in [-0.2, 0) is 4.74 Å². The number of hydrogen-bond donors (Lipinski definition) is 1. The molecule has 36 heavy (non-hydrogen) atoms. The average molecular weight is 485 g/mol. The summed E-state index contributed by atoms with van der Waals surface area (Å²) in [5.74, 6) is -0.679. The van der Waals surface area contributed by atoms with Crippen molar-refractivity contribution in [3.63, 3.8) is 0 Å². The smallest absolute Gasteiger partial charge is 0.343 e. The molecule has 0 aromatic heterocycles. The molecule has 2 aliphatic rings. The molecule has 3 atom stereocenters. The number of benzene rings is 3. The number of para-hydroxylation sites is 1. The topological polar surface area (TPSA) is 108 Å². The lowest BCUT2D eigenvalue weighted by molar-refractivity contribution is -0.384. The monoisotopic (exact) mass is 484 g/mol. The molecule has 1 aliphatic carbocycles. The second-order valence-electron chi connectivity index (χ2n) is 8.73. The summed E-state index contributed by atoms with van der Waals surface area (Å²) in [6.45, 7) is 1.93. The molecule has 0 bridgehead atoms. The zero-order chi connectivity index (χ0) is 25.2. The maximum absolute atomic E-state index is 13.0. The summed E-state index contributed by atoms with van der Waals surface area (Å²) in [6, 6.07) is 18.5. The summed E-state index contributed by atoms with van der Waals surface area (Å²) in [7, 11) is 0. The molecule has 3 aromatic rings. The maximum atomic E-state index is 13.0. The van der Waals surface area contributed by atoms with Crippen molar-refractivity contribution in [2.45, 2.75) is 25.3 Å². The van der Waals surface area contributed by atoms with E-state index < -0.39 is 16.9 Å². The van der Waals surface area contributed by atoms with E-state index in [-0.39, 0.29) is 41.5 Å². The van der Waals surface area contributed by atoms with E-state index in [0.29, 0.717) is 5.56 Å². The quantitative estimate of drug-likeness (QED) is 0.154. The highest BCUT2D eigenvalue weighted by Gasteiger charge is 2.38. The van der Waals surface area contributed by atoms with E-state index >= 15 is 0 Å². The van der Waals surface area contributed by atoms with Crippen LogP contribution in [0.1, 0.15) is 57.1 Å². The standard InChI is InChI=1S/C28H24N2O6/c1-2-35-28(32)22-6-3-4-9-25(22)36-27(31)18-12-15-24-23(16-18)20-7-5-8-21(20)26(29-24)17-10-13-19(14-11-17)30(33)34/h3-7,9-16,20-21,26,29H,2,8H2,1H3/t20-,21+,26-/m0/s1. The van der Waals surface area contributed by atoms with Gasteiger partial charge in [0, 0.05) is 23.7 Å². The lowest BCUT2D eigenvalue weighted by Crippen LogP contribution is -2.29. The molecular formula is C28H24N2O6. The molecule has 0 radical (unpaired) electrons. The van der Waals surface area contributed by atoms with Crippen LogP contribution >= 0.6 is 0 Å². The highest BCUT2D eigenvalue weighted by atomic mass is 16.6. The first-order valence-electron chi connectivity index (χ1n) is 11.8. The van der Waals surface area contributed by atoms with Crippen LogP contribution in [0.2, 0.25) is 0 Å². The number of nitrogens with one attached hydrogen (secondary N) is 1. The third-order valence-corrected chi connectivity index (χ3v) is 6.65. The van der Waals surface area contributed by atoms with Gasteiger partial charge in [0.1, 0.15) is 11.3 Å². The van der Waals surface area contributed by atoms with Gasteiger partial charge in [0.2, 0.25) is 0 Å². The van der Waals surface area contributed by atoms with Crippen LogP contribution in [0.25, 0.3) is 0 Å². The van der Waals surface area contributed by atoms with E-state index in [2.05, 4.69) is 17.5 Å². The predicted octanol–water partition coefficient (Wildman–Crippen LogP) is 5.82. The Morgan fingerprint density at radius 1 is 1.06 bits per heavy atom. The summed E-state index contributed by atoms with van der Waals surface area (Å²) < 4.78 is 10.7. The Morgan fingerprint density at radius 3 is 2.58 bits per heavy atom. The van der Waals surface area contributed by atoms with Gasteiger partial charge in [0.05, 0.1) is 23.1 Å². The second kappa shape index (κ2) is 9.65. The number of non-ortho nitro benzene ring substituents is 1. The predicted molar refractivity (Wildman–Crippen MR) is 133 cm³/mol. The van der Waals surface area contributed by atoms with E-state index in [1.165, 1.54) is 12.1 Å². The third-order valence-electron chi connectivity index (χ3n) is 6.65. The average Bonchev–Trinajstić information content (AvgIpc) is 3.39. The number of esters is 2. The van der Waals surface area contributed by atoms with Crippen LogP contribution in [0.3, 0.4) is 0 Å². The zero-order valence-electron chi connectivity index (χ0n) is 19.5. The van der Waals surface area contributed by atoms with Gasteiger partial charge >= 0.3 is 11.9 Å². The van der Waals surface area contributed by atoms with Gasteiger partial charge in [-0.3, -0.25) is 10.1 Å². The summed E-state index contributed by atoms with van der Waals surface area (Å²) in [6.07, 6.45) is 5.12. The van der Waals surface area contributed by atoms with Gasteiger partial charge < -0.3 is 14.8 Å². The fourth-order valence-electron chi connectivity index (χ4n) is 4.95. The number of nitrogens with zero attached hydrogens (tertiary/aromatic N) is 1. The molecule has 0 saturated carbocycles. The lowest BCUT2D eigenvalue weighted by Gasteiger charge is -2.37. The van der Waals surface area contributed by atoms with Crippen LogP contribution < -0.4 is 10.1 Å². The van der Waals surface area contributed by atoms with Crippen molar-refractivity contribution in [3.05, 3.63) is 111 Å². The number of nitro groups is 1. The van der Waals surface area contributed by atoms with E-state index in [0.717, 1.165) is 23.2 Å². The van der Waals surface area contributed by atoms with Crippen molar-refractivity contribution in [1.29, 1.82) is 0 Å². The number of hydrogen-bond acceptors (Lipinski definition) is 7. The number of carbonyl (C=O) groups is 2. The van der Waals surface area contributed by atoms with Crippen molar-refractivity contribution >= 4 is 23.3 Å². The Bertz CT molecular complexity index is 1360. The minimum Gasteiger partial charge on any atom is -0.462 e. The summed E-state index contributed by atoms with van der Waals surface area (Å²) >= 11 is 0. The molecule has 1 N–H and O–H groups in total. The Labute approximate surface area is 207 Å². The SMILES string of the molecule is CCOC(=O)c1ccccc1OC(=O)c1ccc2c(c1)[C@H]1C=CC[C@H]1[C@H](c1ccc([N+](=O)[O-])cc1)N2. The fraction of sp³-hybridized carbons (Fsp3) is 0.214. The molecule has 8 heteroatoms. The Kier molecular flexibility index (Phi) is 6.25. The summed E-state index contributed by atoms with van der Waals surface area (Å²) in [4.78, 5) is 35.9. The third kappa shape index (κ3) is 4.33. The number of anilines is 1. The number of allylic oxidation sites excluding steroid dienone is 2. The van der Waals surface area contributed by atoms with Crippen LogP contribution in [0, 0.1) is 16.0 Å². The van der Waals surface area contributed by atoms with Crippen molar-refractivity contribution in [1.82, 2.24) is 0 Å². The normalized spacial score (nSPS) is 19.5. The number of fused-ring (bicyclic) bond motifs is 3. The lowest BCUT2D eigenvalue weighted by atomic mass is 9.76. The largest absolute Gasteiger partial charge is 0.462 e. The first kappa shape index (κ1) is 23.3. The van der Waals surface area contributed by atoms with Gasteiger partial charge in [-0.05, 0) is 60.7 Å². The van der Waals surface area contributed by atoms with Crippen LogP contribution in [0.5, 0.6) is 5.75 Å². The number of nitro benzene ring substituents is 1. The highest BCUT2D eigenvalue weighted by Crippen LogP contribution is 2.50. The van der Waals surface area contributed by atoms with Crippen molar-refractivity contribution < 1.29 is 24.0 Å². The Hall–Kier alpha value is -4.46. The highest BCUT2D eigenvalue weighted by molar-refractivity contribution is 5.96. The zero-order valence-corrected chi connectivity index (χ0v) is 19.5. The summed E-state index contributed by atoms with van der Waals surface area (Å²) in [5.41, 5.74) is 3.49. The first-order valence-corrected chi connectivity index (χ1v) is 11.8. The molecular weight excluding hydrogens is 460 g/mol. The molecule has 0 amide bonds. The molecule has 0 unspecified atom stereocenters. The van der Waals surface area contributed by atoms with Crippen LogP contribution in [0.15, 0.2) is 78.9 Å². The maximum Gasteiger partial charge on any atom is 0.343 e. The second-order valence-corrected chi connectivity index (χ2v) is 8.73. The number of carbonyl (C=O) groups excluding carboxylic acids is 2. The molecule has 0 saturated heterocycles. The number of rotatable bonds is 6. The van der Waals surface area contributed by atoms with Crippen molar-refractivity contribution in [2.75, 3.05) is 11.9 Å². The molecule has 1 aliphatic heterocycles. The van der Waals surface area contributed by atoms with Gasteiger partial charge in [0.25, 0.3) is 5.69 Å². The molecule has 3 aromatic carbocycles. The first-order chi connectivity index (χ1) is 17.5. The Morgan fingerprint density at radius 2 is 1.83 bits per heavy atom. The Balaban J connectivity index is 1.41. The van der Waals surface area contributed by atoms with Crippen LogP contribution in [0.4, 0.5) is 11.4 Å². The van der Waals surface area contributed by atoms with Gasteiger partial charge in [-0.25, -0.2) is 9.59 Å². The van der Waals surface area contributed by atoms with E-state index in [1.54, 1.807) is 49.4 Å². The van der Waals surface area contributed by atoms with E-state index in [4.69, 9.17) is 9.47 Å². The molecule has 0 spiro atoms. The minimum absolute atomic E-state index is 0.0208. The van der Waals surface area contributed by atoms with Gasteiger partial charge in [0.15, 0.2) is 0 Å². The van der Waals surface area contributed by atoms with Crippen LogP contribution in [-0.4, -0.2) is 23.5 Å². The summed E-state index contributed by atoms with van der Waals surface area (Å²) in [5, 5.41) is 14.6. The van der Waals surface area contributed by atoms with Gasteiger partial charge in [-0.1, -0.05) is 36.4 Å². The van der Waals surface area contributed by atoms with Crippen molar-refractivity contribution in [3.8, 4) is 5.75 Å². The van der Waals surface area contributed by atoms with E-state index in [9.17, 15) is 19.7 Å².